The Bertz CT molecular complexity index is 1200. The van der Waals surface area contributed by atoms with E-state index in [1.807, 2.05) is 42.5 Å². The second kappa shape index (κ2) is 5.23. The van der Waals surface area contributed by atoms with Crippen molar-refractivity contribution >= 4 is 50.6 Å². The Morgan fingerprint density at radius 2 is 1.88 bits per heavy atom. The van der Waals surface area contributed by atoms with Gasteiger partial charge in [0.15, 0.2) is 5.76 Å². The van der Waals surface area contributed by atoms with E-state index in [1.54, 1.807) is 0 Å². The first-order valence-electron chi connectivity index (χ1n) is 7.96. The number of amidine groups is 1. The fraction of sp³-hybridized carbons (Fsp3) is 0. The molecule has 2 heterocycles. The molecule has 0 fully saturated rings. The molecule has 0 saturated carbocycles. The van der Waals surface area contributed by atoms with Crippen LogP contribution in [0.1, 0.15) is 11.3 Å². The van der Waals surface area contributed by atoms with Gasteiger partial charge < -0.3 is 9.73 Å². The summed E-state index contributed by atoms with van der Waals surface area (Å²) in [7, 11) is 0. The molecule has 5 rings (SSSR count). The molecule has 120 valence electrons. The Labute approximate surface area is 149 Å². The molecular formula is C21H13ClN2O. The third-order valence-corrected chi connectivity index (χ3v) is 4.65. The standard InChI is InChI=1S/C21H13ClN2O/c1-12-20-19(24-21(23-12)14-6-4-7-15(22)11-14)18-16-8-3-2-5-13(16)9-10-17(18)25-20/h2-11H,1H2,(H,23,24). The van der Waals surface area contributed by atoms with Gasteiger partial charge in [0, 0.05) is 10.6 Å². The molecule has 4 aromatic rings. The quantitative estimate of drug-likeness (QED) is 0.467. The van der Waals surface area contributed by atoms with Crippen molar-refractivity contribution in [2.75, 3.05) is 0 Å². The lowest BCUT2D eigenvalue weighted by Gasteiger charge is -2.16. The van der Waals surface area contributed by atoms with Crippen LogP contribution in [-0.4, -0.2) is 5.84 Å². The number of rotatable bonds is 1. The van der Waals surface area contributed by atoms with E-state index in [-0.39, 0.29) is 0 Å². The third-order valence-electron chi connectivity index (χ3n) is 4.42. The van der Waals surface area contributed by atoms with Gasteiger partial charge in [0.25, 0.3) is 0 Å². The highest BCUT2D eigenvalue weighted by Gasteiger charge is 2.24. The number of nitrogens with one attached hydrogen (secondary N) is 1. The van der Waals surface area contributed by atoms with Gasteiger partial charge in [-0.15, -0.1) is 0 Å². The van der Waals surface area contributed by atoms with Gasteiger partial charge in [-0.2, -0.15) is 0 Å². The van der Waals surface area contributed by atoms with Crippen LogP contribution in [0.4, 0.5) is 5.69 Å². The highest BCUT2D eigenvalue weighted by molar-refractivity contribution is 6.31. The Hall–Kier alpha value is -3.04. The molecule has 0 atom stereocenters. The number of furan rings is 1. The van der Waals surface area contributed by atoms with Gasteiger partial charge in [-0.1, -0.05) is 60.6 Å². The van der Waals surface area contributed by atoms with Crippen LogP contribution in [0, 0.1) is 0 Å². The van der Waals surface area contributed by atoms with Crippen LogP contribution in [0.3, 0.4) is 0 Å². The average molecular weight is 345 g/mol. The predicted octanol–water partition coefficient (Wildman–Crippen LogP) is 5.89. The van der Waals surface area contributed by atoms with Crippen LogP contribution in [0.5, 0.6) is 0 Å². The van der Waals surface area contributed by atoms with Crippen LogP contribution in [-0.2, 0) is 0 Å². The van der Waals surface area contributed by atoms with Gasteiger partial charge in [0.1, 0.15) is 17.1 Å². The average Bonchev–Trinajstić information content (AvgIpc) is 3.01. The van der Waals surface area contributed by atoms with Gasteiger partial charge in [0.2, 0.25) is 0 Å². The number of aliphatic imine (C=N–C) groups is 1. The van der Waals surface area contributed by atoms with Gasteiger partial charge in [-0.25, -0.2) is 4.99 Å². The van der Waals surface area contributed by atoms with Crippen LogP contribution in [0.25, 0.3) is 27.4 Å². The summed E-state index contributed by atoms with van der Waals surface area (Å²) in [5, 5.41) is 7.18. The van der Waals surface area contributed by atoms with E-state index in [9.17, 15) is 0 Å². The van der Waals surface area contributed by atoms with Crippen molar-refractivity contribution in [2.24, 2.45) is 4.99 Å². The summed E-state index contributed by atoms with van der Waals surface area (Å²) in [4.78, 5) is 4.84. The minimum absolute atomic E-state index is 0.668. The Morgan fingerprint density at radius 1 is 1.00 bits per heavy atom. The van der Waals surface area contributed by atoms with Crippen molar-refractivity contribution in [1.29, 1.82) is 0 Å². The molecule has 0 saturated heterocycles. The molecule has 0 bridgehead atoms. The summed E-state index contributed by atoms with van der Waals surface area (Å²) in [6, 6.07) is 19.9. The molecule has 0 aliphatic carbocycles. The monoisotopic (exact) mass is 344 g/mol. The molecule has 1 N–H and O–H groups in total. The molecule has 3 nitrogen and oxygen atoms in total. The van der Waals surface area contributed by atoms with Crippen molar-refractivity contribution in [3.63, 3.8) is 0 Å². The van der Waals surface area contributed by atoms with Crippen molar-refractivity contribution < 1.29 is 4.42 Å². The fourth-order valence-corrected chi connectivity index (χ4v) is 3.47. The van der Waals surface area contributed by atoms with Gasteiger partial charge in [-0.05, 0) is 29.0 Å². The molecule has 0 spiro atoms. The summed E-state index contributed by atoms with van der Waals surface area (Å²) < 4.78 is 6.02. The summed E-state index contributed by atoms with van der Waals surface area (Å²) in [5.41, 5.74) is 3.22. The van der Waals surface area contributed by atoms with Gasteiger partial charge >= 0.3 is 0 Å². The maximum atomic E-state index is 6.13. The highest BCUT2D eigenvalue weighted by atomic mass is 35.5. The zero-order valence-corrected chi connectivity index (χ0v) is 14.0. The molecule has 1 aliphatic rings. The van der Waals surface area contributed by atoms with E-state index >= 15 is 0 Å². The lowest BCUT2D eigenvalue weighted by Crippen LogP contribution is -2.24. The highest BCUT2D eigenvalue weighted by Crippen LogP contribution is 2.42. The van der Waals surface area contributed by atoms with E-state index in [1.165, 1.54) is 0 Å². The first-order valence-corrected chi connectivity index (χ1v) is 8.34. The van der Waals surface area contributed by atoms with Gasteiger partial charge in [-0.3, -0.25) is 0 Å². The number of hydrogen-bond donors (Lipinski definition) is 1. The fourth-order valence-electron chi connectivity index (χ4n) is 3.28. The van der Waals surface area contributed by atoms with Crippen LogP contribution in [0.2, 0.25) is 5.02 Å². The van der Waals surface area contributed by atoms with E-state index < -0.39 is 0 Å². The second-order valence-electron chi connectivity index (χ2n) is 6.01. The van der Waals surface area contributed by atoms with E-state index in [4.69, 9.17) is 21.0 Å². The minimum atomic E-state index is 0.668. The topological polar surface area (TPSA) is 37.5 Å². The maximum absolute atomic E-state index is 6.13. The van der Waals surface area contributed by atoms with Crippen molar-refractivity contribution in [3.8, 4) is 0 Å². The van der Waals surface area contributed by atoms with E-state index in [0.29, 0.717) is 16.5 Å². The van der Waals surface area contributed by atoms with Gasteiger partial charge in [0.05, 0.1) is 11.1 Å². The molecule has 4 heteroatoms. The maximum Gasteiger partial charge on any atom is 0.176 e. The van der Waals surface area contributed by atoms with Crippen LogP contribution >= 0.6 is 11.6 Å². The summed E-state index contributed by atoms with van der Waals surface area (Å²) in [5.74, 6) is 1.40. The molecule has 1 aromatic heterocycles. The second-order valence-corrected chi connectivity index (χ2v) is 6.45. The normalized spacial score (nSPS) is 13.6. The Balaban J connectivity index is 1.83. The molecule has 25 heavy (non-hydrogen) atoms. The number of nitrogens with zero attached hydrogens (tertiary/aromatic N) is 1. The van der Waals surface area contributed by atoms with Crippen molar-refractivity contribution in [1.82, 2.24) is 5.32 Å². The summed E-state index contributed by atoms with van der Waals surface area (Å²) in [6.45, 7) is 4.11. The molecule has 1 aliphatic heterocycles. The SMILES string of the molecule is C=C1NC(c2cccc(Cl)c2)=Nc2c1oc1ccc3ccccc3c21. The van der Waals surface area contributed by atoms with E-state index in [2.05, 4.69) is 30.1 Å². The van der Waals surface area contributed by atoms with Crippen molar-refractivity contribution in [3.05, 3.63) is 83.6 Å². The smallest absolute Gasteiger partial charge is 0.176 e. The first-order chi connectivity index (χ1) is 12.2. The lowest BCUT2D eigenvalue weighted by atomic mass is 10.0. The summed E-state index contributed by atoms with van der Waals surface area (Å²) >= 11 is 6.13. The van der Waals surface area contributed by atoms with Crippen molar-refractivity contribution in [2.45, 2.75) is 0 Å². The predicted molar refractivity (Wildman–Crippen MR) is 104 cm³/mol. The number of benzene rings is 3. The zero-order valence-electron chi connectivity index (χ0n) is 13.2. The van der Waals surface area contributed by atoms with Crippen LogP contribution in [0.15, 0.2) is 76.7 Å². The largest absolute Gasteiger partial charge is 0.452 e. The first kappa shape index (κ1) is 14.3. The Morgan fingerprint density at radius 3 is 2.76 bits per heavy atom. The molecule has 0 radical (unpaired) electrons. The van der Waals surface area contributed by atoms with E-state index in [0.717, 1.165) is 38.8 Å². The Kier molecular flexibility index (Phi) is 2.99. The number of hydrogen-bond acceptors (Lipinski definition) is 3. The lowest BCUT2D eigenvalue weighted by molar-refractivity contribution is 0.596. The molecule has 0 unspecified atom stereocenters. The zero-order chi connectivity index (χ0) is 17.0. The minimum Gasteiger partial charge on any atom is -0.452 e. The molecular weight excluding hydrogens is 332 g/mol. The number of halogens is 1. The molecule has 3 aromatic carbocycles. The molecule has 0 amide bonds. The van der Waals surface area contributed by atoms with Crippen LogP contribution < -0.4 is 5.32 Å². The third kappa shape index (κ3) is 2.17. The number of fused-ring (bicyclic) bond motifs is 5. The summed E-state index contributed by atoms with van der Waals surface area (Å²) in [6.07, 6.45) is 0.